The lowest BCUT2D eigenvalue weighted by Gasteiger charge is -2.25. The minimum absolute atomic E-state index is 0.560. The zero-order chi connectivity index (χ0) is 10.4. The molecule has 0 aromatic carbocycles. The average molecular weight is 214 g/mol. The third-order valence-corrected chi connectivity index (χ3v) is 3.20. The van der Waals surface area contributed by atoms with E-state index in [1.165, 1.54) is 0 Å². The number of nitrogens with zero attached hydrogens (tertiary/aromatic N) is 1. The fourth-order valence-electron chi connectivity index (χ4n) is 1.25. The number of aliphatic hydroxyl groups is 1. The number of thiazole rings is 1. The Hall–Kier alpha value is -0.450. The molecule has 0 fully saturated rings. The van der Waals surface area contributed by atoms with Gasteiger partial charge in [-0.25, -0.2) is 4.98 Å². The van der Waals surface area contributed by atoms with E-state index in [1.54, 1.807) is 11.3 Å². The number of hydrogen-bond acceptors (Lipinski definition) is 4. The van der Waals surface area contributed by atoms with Crippen LogP contribution in [-0.2, 0) is 6.54 Å². The van der Waals surface area contributed by atoms with Crippen LogP contribution in [0.1, 0.15) is 32.4 Å². The van der Waals surface area contributed by atoms with Crippen LogP contribution in [0.4, 0.5) is 0 Å². The summed E-state index contributed by atoms with van der Waals surface area (Å²) in [5.41, 5.74) is 2.31. The van der Waals surface area contributed by atoms with E-state index in [4.69, 9.17) is 0 Å². The third-order valence-electron chi connectivity index (χ3n) is 2.56. The zero-order valence-corrected chi connectivity index (χ0v) is 9.60. The first-order valence-corrected chi connectivity index (χ1v) is 5.94. The molecule has 1 aromatic rings. The van der Waals surface area contributed by atoms with Crippen LogP contribution in [0.3, 0.4) is 0 Å². The molecule has 0 aliphatic carbocycles. The van der Waals surface area contributed by atoms with E-state index in [1.807, 2.05) is 24.7 Å². The molecule has 0 radical (unpaired) electrons. The van der Waals surface area contributed by atoms with Crippen molar-refractivity contribution in [2.24, 2.45) is 0 Å². The van der Waals surface area contributed by atoms with Crippen LogP contribution < -0.4 is 5.32 Å². The van der Waals surface area contributed by atoms with Crippen molar-refractivity contribution in [3.63, 3.8) is 0 Å². The van der Waals surface area contributed by atoms with Crippen LogP contribution in [0, 0.1) is 0 Å². The monoisotopic (exact) mass is 214 g/mol. The highest BCUT2D eigenvalue weighted by atomic mass is 32.1. The first kappa shape index (κ1) is 11.6. The molecule has 0 aliphatic heterocycles. The van der Waals surface area contributed by atoms with Gasteiger partial charge in [0.1, 0.15) is 0 Å². The second-order valence-corrected chi connectivity index (χ2v) is 4.23. The van der Waals surface area contributed by atoms with Crippen molar-refractivity contribution in [2.75, 3.05) is 6.54 Å². The van der Waals surface area contributed by atoms with Crippen molar-refractivity contribution < 1.29 is 5.11 Å². The maximum absolute atomic E-state index is 9.98. The lowest BCUT2D eigenvalue weighted by molar-refractivity contribution is 0.0322. The lowest BCUT2D eigenvalue weighted by atomic mass is 9.98. The molecule has 0 bridgehead atoms. The summed E-state index contributed by atoms with van der Waals surface area (Å²) in [6, 6.07) is 0. The number of hydrogen-bond donors (Lipinski definition) is 2. The second kappa shape index (κ2) is 5.44. The zero-order valence-electron chi connectivity index (χ0n) is 8.79. The summed E-state index contributed by atoms with van der Waals surface area (Å²) in [7, 11) is 0. The van der Waals surface area contributed by atoms with Crippen molar-refractivity contribution in [3.8, 4) is 0 Å². The molecule has 4 heteroatoms. The highest BCUT2D eigenvalue weighted by molar-refractivity contribution is 7.07. The molecule has 14 heavy (non-hydrogen) atoms. The van der Waals surface area contributed by atoms with Crippen molar-refractivity contribution >= 4 is 11.3 Å². The summed E-state index contributed by atoms with van der Waals surface area (Å²) in [5.74, 6) is 0. The van der Waals surface area contributed by atoms with Gasteiger partial charge in [0.2, 0.25) is 0 Å². The first-order chi connectivity index (χ1) is 6.70. The van der Waals surface area contributed by atoms with Crippen LogP contribution in [0.15, 0.2) is 10.9 Å². The molecule has 0 amide bonds. The summed E-state index contributed by atoms with van der Waals surface area (Å²) in [5, 5.41) is 15.2. The minimum atomic E-state index is -0.560. The van der Waals surface area contributed by atoms with E-state index in [0.29, 0.717) is 6.54 Å². The van der Waals surface area contributed by atoms with Gasteiger partial charge in [-0.2, -0.15) is 0 Å². The molecule has 0 spiro atoms. The Morgan fingerprint density at radius 1 is 1.50 bits per heavy atom. The molecule has 0 saturated carbocycles. The van der Waals surface area contributed by atoms with E-state index in [2.05, 4.69) is 10.3 Å². The normalized spacial score (nSPS) is 11.9. The Balaban J connectivity index is 2.27. The average Bonchev–Trinajstić information content (AvgIpc) is 2.70. The van der Waals surface area contributed by atoms with Crippen LogP contribution in [-0.4, -0.2) is 22.2 Å². The summed E-state index contributed by atoms with van der Waals surface area (Å²) < 4.78 is 0. The van der Waals surface area contributed by atoms with Crippen LogP contribution in [0.2, 0.25) is 0 Å². The van der Waals surface area contributed by atoms with E-state index in [-0.39, 0.29) is 0 Å². The van der Waals surface area contributed by atoms with Gasteiger partial charge in [-0.15, -0.1) is 11.3 Å². The smallest absolute Gasteiger partial charge is 0.0795 e. The molecule has 1 heterocycles. The van der Waals surface area contributed by atoms with Crippen LogP contribution >= 0.6 is 11.3 Å². The quantitative estimate of drug-likeness (QED) is 0.759. The summed E-state index contributed by atoms with van der Waals surface area (Å²) in [6.45, 7) is 5.39. The van der Waals surface area contributed by atoms with Gasteiger partial charge < -0.3 is 10.4 Å². The molecule has 1 aromatic heterocycles. The Morgan fingerprint density at radius 2 is 2.21 bits per heavy atom. The van der Waals surface area contributed by atoms with Crippen molar-refractivity contribution in [1.82, 2.24) is 10.3 Å². The predicted molar refractivity (Wildman–Crippen MR) is 59.4 cm³/mol. The van der Waals surface area contributed by atoms with Crippen molar-refractivity contribution in [3.05, 3.63) is 16.6 Å². The Labute approximate surface area is 89.2 Å². The van der Waals surface area contributed by atoms with Gasteiger partial charge in [0, 0.05) is 18.5 Å². The maximum Gasteiger partial charge on any atom is 0.0795 e. The van der Waals surface area contributed by atoms with Gasteiger partial charge in [-0.05, 0) is 12.8 Å². The Morgan fingerprint density at radius 3 is 2.71 bits per heavy atom. The molecule has 3 nitrogen and oxygen atoms in total. The van der Waals surface area contributed by atoms with Gasteiger partial charge in [-0.1, -0.05) is 13.8 Å². The highest BCUT2D eigenvalue weighted by Crippen LogP contribution is 2.13. The Kier molecular flexibility index (Phi) is 4.51. The molecule has 80 valence electrons. The molecule has 1 rings (SSSR count). The first-order valence-electron chi connectivity index (χ1n) is 5.00. The standard InChI is InChI=1S/C10H18N2OS/c1-3-10(13,4-2)7-11-5-9-6-14-8-12-9/h6,8,11,13H,3-5,7H2,1-2H3. The molecule has 2 N–H and O–H groups in total. The summed E-state index contributed by atoms with van der Waals surface area (Å²) in [4.78, 5) is 4.16. The van der Waals surface area contributed by atoms with E-state index in [9.17, 15) is 5.11 Å². The maximum atomic E-state index is 9.98. The van der Waals surface area contributed by atoms with E-state index >= 15 is 0 Å². The molecular formula is C10H18N2OS. The SMILES string of the molecule is CCC(O)(CC)CNCc1cscn1. The van der Waals surface area contributed by atoms with Gasteiger partial charge in [0.05, 0.1) is 16.8 Å². The van der Waals surface area contributed by atoms with Gasteiger partial charge in [0.25, 0.3) is 0 Å². The number of rotatable bonds is 6. The summed E-state index contributed by atoms with van der Waals surface area (Å²) in [6.07, 6.45) is 1.57. The molecular weight excluding hydrogens is 196 g/mol. The van der Waals surface area contributed by atoms with Crippen molar-refractivity contribution in [1.29, 1.82) is 0 Å². The molecule has 0 aliphatic rings. The highest BCUT2D eigenvalue weighted by Gasteiger charge is 2.21. The van der Waals surface area contributed by atoms with Gasteiger partial charge in [-0.3, -0.25) is 0 Å². The second-order valence-electron chi connectivity index (χ2n) is 3.51. The number of nitrogens with one attached hydrogen (secondary N) is 1. The topological polar surface area (TPSA) is 45.1 Å². The Bertz CT molecular complexity index is 245. The molecule has 0 saturated heterocycles. The summed E-state index contributed by atoms with van der Waals surface area (Å²) >= 11 is 1.60. The van der Waals surface area contributed by atoms with Gasteiger partial charge >= 0.3 is 0 Å². The number of aromatic nitrogens is 1. The predicted octanol–water partition coefficient (Wildman–Crippen LogP) is 1.78. The largest absolute Gasteiger partial charge is 0.389 e. The van der Waals surface area contributed by atoms with Crippen molar-refractivity contribution in [2.45, 2.75) is 38.8 Å². The van der Waals surface area contributed by atoms with E-state index < -0.39 is 5.60 Å². The minimum Gasteiger partial charge on any atom is -0.389 e. The molecule has 0 atom stereocenters. The fraction of sp³-hybridized carbons (Fsp3) is 0.700. The lowest BCUT2D eigenvalue weighted by Crippen LogP contribution is -2.39. The fourth-order valence-corrected chi connectivity index (χ4v) is 1.81. The van der Waals surface area contributed by atoms with Crippen LogP contribution in [0.5, 0.6) is 0 Å². The van der Waals surface area contributed by atoms with Crippen LogP contribution in [0.25, 0.3) is 0 Å². The van der Waals surface area contributed by atoms with E-state index in [0.717, 1.165) is 25.1 Å². The third kappa shape index (κ3) is 3.36. The molecule has 0 unspecified atom stereocenters. The van der Waals surface area contributed by atoms with Gasteiger partial charge in [0.15, 0.2) is 0 Å².